The minimum atomic E-state index is -4.62. The van der Waals surface area contributed by atoms with E-state index >= 15 is 0 Å². The Kier molecular flexibility index (Phi) is 5.78. The van der Waals surface area contributed by atoms with Gasteiger partial charge in [0.15, 0.2) is 0 Å². The maximum Gasteiger partial charge on any atom is 0.421 e. The molecule has 0 amide bonds. The summed E-state index contributed by atoms with van der Waals surface area (Å²) in [6, 6.07) is 0.0524. The molecule has 1 aromatic heterocycles. The van der Waals surface area contributed by atoms with Crippen LogP contribution in [0.1, 0.15) is 18.4 Å². The van der Waals surface area contributed by atoms with Gasteiger partial charge in [-0.25, -0.2) is 4.98 Å². The molecule has 10 heteroatoms. The number of anilines is 1. The van der Waals surface area contributed by atoms with Crippen LogP contribution in [0.2, 0.25) is 5.28 Å². The maximum atomic E-state index is 12.9. The van der Waals surface area contributed by atoms with E-state index in [4.69, 9.17) is 22.1 Å². The number of aromatic nitrogens is 2. The van der Waals surface area contributed by atoms with E-state index in [1.165, 1.54) is 6.21 Å². The van der Waals surface area contributed by atoms with Gasteiger partial charge in [-0.05, 0) is 24.4 Å². The number of nitrogens with zero attached hydrogens (tertiary/aromatic N) is 3. The van der Waals surface area contributed by atoms with Crippen molar-refractivity contribution in [3.05, 3.63) is 28.9 Å². The lowest BCUT2D eigenvalue weighted by Gasteiger charge is -2.18. The second-order valence-corrected chi connectivity index (χ2v) is 5.11. The Morgan fingerprint density at radius 1 is 1.43 bits per heavy atom. The molecule has 23 heavy (non-hydrogen) atoms. The topological polar surface area (TPSA) is 85.4 Å². The fourth-order valence-electron chi connectivity index (χ4n) is 1.94. The second-order valence-electron chi connectivity index (χ2n) is 4.77. The van der Waals surface area contributed by atoms with Gasteiger partial charge in [0.25, 0.3) is 0 Å². The minimum Gasteiger partial charge on any atom is -0.403 e. The SMILES string of the molecule is NC=C(C=NC1CCOCC1)Nc1nc(Cl)ncc1C(F)(F)F. The zero-order valence-electron chi connectivity index (χ0n) is 12.0. The lowest BCUT2D eigenvalue weighted by molar-refractivity contribution is -0.137. The molecule has 0 aliphatic carbocycles. The van der Waals surface area contributed by atoms with Crippen LogP contribution in [-0.2, 0) is 10.9 Å². The first-order chi connectivity index (χ1) is 10.9. The van der Waals surface area contributed by atoms with E-state index < -0.39 is 17.6 Å². The molecule has 126 valence electrons. The molecule has 0 radical (unpaired) electrons. The Bertz CT molecular complexity index is 600. The average Bonchev–Trinajstić information content (AvgIpc) is 2.51. The summed E-state index contributed by atoms with van der Waals surface area (Å²) < 4.78 is 44.1. The van der Waals surface area contributed by atoms with E-state index in [9.17, 15) is 13.2 Å². The zero-order valence-corrected chi connectivity index (χ0v) is 12.7. The van der Waals surface area contributed by atoms with Crippen molar-refractivity contribution in [3.63, 3.8) is 0 Å². The van der Waals surface area contributed by atoms with E-state index in [-0.39, 0.29) is 17.0 Å². The van der Waals surface area contributed by atoms with Crippen molar-refractivity contribution in [2.24, 2.45) is 10.7 Å². The van der Waals surface area contributed by atoms with Crippen LogP contribution in [0, 0.1) is 0 Å². The third-order valence-corrected chi connectivity index (χ3v) is 3.30. The van der Waals surface area contributed by atoms with Gasteiger partial charge in [-0.3, -0.25) is 4.99 Å². The highest BCUT2D eigenvalue weighted by Gasteiger charge is 2.35. The Morgan fingerprint density at radius 3 is 2.74 bits per heavy atom. The molecule has 0 bridgehead atoms. The fraction of sp³-hybridized carbons (Fsp3) is 0.462. The Morgan fingerprint density at radius 2 is 2.13 bits per heavy atom. The van der Waals surface area contributed by atoms with Crippen LogP contribution in [0.25, 0.3) is 0 Å². The number of rotatable bonds is 4. The molecule has 1 aliphatic rings. The Hall–Kier alpha value is -1.87. The summed E-state index contributed by atoms with van der Waals surface area (Å²) in [4.78, 5) is 11.2. The molecule has 0 aromatic carbocycles. The van der Waals surface area contributed by atoms with E-state index in [0.29, 0.717) is 19.4 Å². The van der Waals surface area contributed by atoms with Gasteiger partial charge in [-0.15, -0.1) is 0 Å². The predicted molar refractivity (Wildman–Crippen MR) is 80.3 cm³/mol. The summed E-state index contributed by atoms with van der Waals surface area (Å²) in [5.74, 6) is -0.479. The first kappa shape index (κ1) is 17.5. The number of aliphatic imine (C=N–C) groups is 1. The Balaban J connectivity index is 2.15. The Labute approximate surface area is 135 Å². The van der Waals surface area contributed by atoms with Crippen LogP contribution in [0.4, 0.5) is 19.0 Å². The van der Waals surface area contributed by atoms with Crippen molar-refractivity contribution >= 4 is 23.6 Å². The molecule has 6 nitrogen and oxygen atoms in total. The molecule has 1 aromatic rings. The van der Waals surface area contributed by atoms with Crippen molar-refractivity contribution in [3.8, 4) is 0 Å². The van der Waals surface area contributed by atoms with Crippen molar-refractivity contribution in [1.29, 1.82) is 0 Å². The normalized spacial score (nSPS) is 17.7. The van der Waals surface area contributed by atoms with Gasteiger partial charge >= 0.3 is 6.18 Å². The first-order valence-corrected chi connectivity index (χ1v) is 7.17. The molecule has 0 atom stereocenters. The number of hydrogen-bond acceptors (Lipinski definition) is 6. The van der Waals surface area contributed by atoms with Crippen molar-refractivity contribution < 1.29 is 17.9 Å². The number of allylic oxidation sites excluding steroid dienone is 1. The van der Waals surface area contributed by atoms with E-state index in [2.05, 4.69) is 20.3 Å². The molecule has 1 saturated heterocycles. The summed E-state index contributed by atoms with van der Waals surface area (Å²) in [6.07, 6.45) is -0.0139. The highest BCUT2D eigenvalue weighted by molar-refractivity contribution is 6.28. The van der Waals surface area contributed by atoms with Crippen molar-refractivity contribution in [2.45, 2.75) is 25.1 Å². The van der Waals surface area contributed by atoms with Gasteiger partial charge in [-0.1, -0.05) is 0 Å². The molecule has 1 fully saturated rings. The summed E-state index contributed by atoms with van der Waals surface area (Å²) in [6.45, 7) is 1.22. The number of nitrogens with two attached hydrogens (primary N) is 1. The summed E-state index contributed by atoms with van der Waals surface area (Å²) in [5, 5.41) is 2.18. The molecule has 2 heterocycles. The molecular weight excluding hydrogens is 335 g/mol. The monoisotopic (exact) mass is 349 g/mol. The summed E-state index contributed by atoms with van der Waals surface area (Å²) in [7, 11) is 0. The van der Waals surface area contributed by atoms with Crippen LogP contribution in [0.3, 0.4) is 0 Å². The highest BCUT2D eigenvalue weighted by atomic mass is 35.5. The lowest BCUT2D eigenvalue weighted by Crippen LogP contribution is -2.19. The smallest absolute Gasteiger partial charge is 0.403 e. The maximum absolute atomic E-state index is 12.9. The van der Waals surface area contributed by atoms with E-state index in [1.807, 2.05) is 0 Å². The summed E-state index contributed by atoms with van der Waals surface area (Å²) >= 11 is 5.56. The van der Waals surface area contributed by atoms with Crippen LogP contribution < -0.4 is 11.1 Å². The van der Waals surface area contributed by atoms with Gasteiger partial charge < -0.3 is 15.8 Å². The van der Waals surface area contributed by atoms with E-state index in [0.717, 1.165) is 19.0 Å². The molecule has 2 rings (SSSR count). The molecule has 1 aliphatic heterocycles. The minimum absolute atomic E-state index is 0.0524. The third-order valence-electron chi connectivity index (χ3n) is 3.12. The van der Waals surface area contributed by atoms with Crippen LogP contribution in [0.15, 0.2) is 23.1 Å². The fourth-order valence-corrected chi connectivity index (χ4v) is 2.07. The summed E-state index contributed by atoms with van der Waals surface area (Å²) in [5.41, 5.74) is 4.57. The first-order valence-electron chi connectivity index (χ1n) is 6.79. The van der Waals surface area contributed by atoms with Crippen LogP contribution in [0.5, 0.6) is 0 Å². The van der Waals surface area contributed by atoms with Crippen molar-refractivity contribution in [2.75, 3.05) is 18.5 Å². The largest absolute Gasteiger partial charge is 0.421 e. The van der Waals surface area contributed by atoms with Gasteiger partial charge in [0, 0.05) is 31.8 Å². The number of halogens is 4. The second kappa shape index (κ2) is 7.60. The lowest BCUT2D eigenvalue weighted by atomic mass is 10.1. The molecule has 3 N–H and O–H groups in total. The molecule has 0 unspecified atom stereocenters. The zero-order chi connectivity index (χ0) is 16.9. The number of alkyl halides is 3. The molecular formula is C13H15ClF3N5O. The van der Waals surface area contributed by atoms with Crippen LogP contribution in [-0.4, -0.2) is 35.4 Å². The number of hydrogen-bond donors (Lipinski definition) is 2. The highest BCUT2D eigenvalue weighted by Crippen LogP contribution is 2.34. The standard InChI is InChI=1S/C13H15ClF3N5O/c14-12-20-7-10(13(15,16)17)11(22-12)21-9(5-18)6-19-8-1-3-23-4-2-8/h5-8H,1-4,18H2,(H,20,21,22). The average molecular weight is 350 g/mol. The van der Waals surface area contributed by atoms with Gasteiger partial charge in [0.2, 0.25) is 5.28 Å². The molecule has 0 saturated carbocycles. The molecule has 0 spiro atoms. The van der Waals surface area contributed by atoms with Gasteiger partial charge in [0.1, 0.15) is 11.4 Å². The quantitative estimate of drug-likeness (QED) is 0.644. The predicted octanol–water partition coefficient (Wildman–Crippen LogP) is 2.61. The van der Waals surface area contributed by atoms with Gasteiger partial charge in [0.05, 0.1) is 11.7 Å². The third kappa shape index (κ3) is 5.07. The van der Waals surface area contributed by atoms with Crippen molar-refractivity contribution in [1.82, 2.24) is 9.97 Å². The van der Waals surface area contributed by atoms with Crippen LogP contribution >= 0.6 is 11.6 Å². The van der Waals surface area contributed by atoms with Gasteiger partial charge in [-0.2, -0.15) is 18.2 Å². The number of ether oxygens (including phenoxy) is 1. The van der Waals surface area contributed by atoms with E-state index in [1.54, 1.807) is 0 Å². The number of nitrogens with one attached hydrogen (secondary N) is 1.